The van der Waals surface area contributed by atoms with Gasteiger partial charge in [0.05, 0.1) is 5.60 Å². The van der Waals surface area contributed by atoms with Crippen LogP contribution in [0.4, 0.5) is 0 Å². The van der Waals surface area contributed by atoms with Gasteiger partial charge in [0.25, 0.3) is 0 Å². The molecule has 0 aromatic heterocycles. The molecule has 1 heterocycles. The molecule has 1 aromatic carbocycles. The number of hydrogen-bond donors (Lipinski definition) is 1. The first-order valence-electron chi connectivity index (χ1n) is 6.63. The smallest absolute Gasteiger partial charge is 0.223 e. The first-order valence-corrected chi connectivity index (χ1v) is 7.42. The summed E-state index contributed by atoms with van der Waals surface area (Å²) in [6.45, 7) is 4.98. The third-order valence-electron chi connectivity index (χ3n) is 3.72. The first-order chi connectivity index (χ1) is 8.87. The summed E-state index contributed by atoms with van der Waals surface area (Å²) in [5, 5.41) is 9.90. The Kier molecular flexibility index (Phi) is 4.31. The minimum atomic E-state index is -0.712. The highest BCUT2D eigenvalue weighted by molar-refractivity contribution is 9.10. The molecular weight excluding hydrogens is 306 g/mol. The second-order valence-corrected chi connectivity index (χ2v) is 6.63. The van der Waals surface area contributed by atoms with Crippen molar-refractivity contribution >= 4 is 21.8 Å². The Hall–Kier alpha value is -0.870. The van der Waals surface area contributed by atoms with Crippen LogP contribution in [-0.2, 0) is 4.79 Å². The Bertz CT molecular complexity index is 456. The van der Waals surface area contributed by atoms with Gasteiger partial charge < -0.3 is 10.0 Å². The minimum absolute atomic E-state index is 0.133. The maximum Gasteiger partial charge on any atom is 0.223 e. The second-order valence-electron chi connectivity index (χ2n) is 5.72. The number of carbonyl (C=O) groups is 1. The Morgan fingerprint density at radius 1 is 1.47 bits per heavy atom. The van der Waals surface area contributed by atoms with Gasteiger partial charge in [-0.2, -0.15) is 0 Å². The fourth-order valence-corrected chi connectivity index (χ4v) is 2.72. The summed E-state index contributed by atoms with van der Waals surface area (Å²) >= 11 is 3.41. The SMILES string of the molecule is CC(CC(=O)N1CCC(C)(O)C1)c1ccc(Br)cc1. The summed E-state index contributed by atoms with van der Waals surface area (Å²) in [6.07, 6.45) is 1.17. The molecular formula is C15H20BrNO2. The van der Waals surface area contributed by atoms with Gasteiger partial charge in [0.1, 0.15) is 0 Å². The van der Waals surface area contributed by atoms with E-state index in [2.05, 4.69) is 22.9 Å². The molecule has 2 atom stereocenters. The van der Waals surface area contributed by atoms with Crippen LogP contribution in [-0.4, -0.2) is 34.6 Å². The molecule has 1 saturated heterocycles. The zero-order valence-corrected chi connectivity index (χ0v) is 13.0. The molecule has 1 aromatic rings. The summed E-state index contributed by atoms with van der Waals surface area (Å²) in [6, 6.07) is 8.08. The molecule has 1 aliphatic heterocycles. The minimum Gasteiger partial charge on any atom is -0.388 e. The van der Waals surface area contributed by atoms with Gasteiger partial charge in [0, 0.05) is 24.0 Å². The van der Waals surface area contributed by atoms with Gasteiger partial charge in [-0.05, 0) is 37.0 Å². The zero-order valence-electron chi connectivity index (χ0n) is 11.4. The highest BCUT2D eigenvalue weighted by atomic mass is 79.9. The summed E-state index contributed by atoms with van der Waals surface area (Å²) in [7, 11) is 0. The van der Waals surface area contributed by atoms with E-state index in [0.717, 1.165) is 4.47 Å². The van der Waals surface area contributed by atoms with Crippen molar-refractivity contribution in [2.45, 2.75) is 38.2 Å². The number of rotatable bonds is 3. The standard InChI is InChI=1S/C15H20BrNO2/c1-11(12-3-5-13(16)6-4-12)9-14(18)17-8-7-15(2,19)10-17/h3-6,11,19H,7-10H2,1-2H3. The fraction of sp³-hybridized carbons (Fsp3) is 0.533. The monoisotopic (exact) mass is 325 g/mol. The van der Waals surface area contributed by atoms with Crippen molar-refractivity contribution in [1.29, 1.82) is 0 Å². The molecule has 2 unspecified atom stereocenters. The van der Waals surface area contributed by atoms with E-state index in [-0.39, 0.29) is 11.8 Å². The highest BCUT2D eigenvalue weighted by Gasteiger charge is 2.34. The predicted octanol–water partition coefficient (Wildman–Crippen LogP) is 2.93. The van der Waals surface area contributed by atoms with E-state index in [1.807, 2.05) is 24.3 Å². The lowest BCUT2D eigenvalue weighted by atomic mass is 9.97. The topological polar surface area (TPSA) is 40.5 Å². The molecule has 0 saturated carbocycles. The van der Waals surface area contributed by atoms with Gasteiger partial charge >= 0.3 is 0 Å². The summed E-state index contributed by atoms with van der Waals surface area (Å²) in [5.41, 5.74) is 0.457. The van der Waals surface area contributed by atoms with Crippen LogP contribution in [0.2, 0.25) is 0 Å². The normalized spacial score (nSPS) is 24.5. The number of nitrogens with zero attached hydrogens (tertiary/aromatic N) is 1. The molecule has 0 radical (unpaired) electrons. The molecule has 1 amide bonds. The van der Waals surface area contributed by atoms with Gasteiger partial charge in [-0.25, -0.2) is 0 Å². The molecule has 0 bridgehead atoms. The molecule has 2 rings (SSSR count). The van der Waals surface area contributed by atoms with Crippen LogP contribution in [0.25, 0.3) is 0 Å². The van der Waals surface area contributed by atoms with Gasteiger partial charge in [-0.1, -0.05) is 35.0 Å². The summed E-state index contributed by atoms with van der Waals surface area (Å²) in [4.78, 5) is 14.0. The lowest BCUT2D eigenvalue weighted by molar-refractivity contribution is -0.131. The fourth-order valence-electron chi connectivity index (χ4n) is 2.46. The number of likely N-dealkylation sites (tertiary alicyclic amines) is 1. The lowest BCUT2D eigenvalue weighted by Gasteiger charge is -2.21. The number of benzene rings is 1. The molecule has 104 valence electrons. The average Bonchev–Trinajstić information content (AvgIpc) is 2.70. The van der Waals surface area contributed by atoms with Crippen molar-refractivity contribution in [3.8, 4) is 0 Å². The van der Waals surface area contributed by atoms with Gasteiger partial charge in [0.2, 0.25) is 5.91 Å². The van der Waals surface area contributed by atoms with E-state index in [0.29, 0.717) is 25.9 Å². The molecule has 1 N–H and O–H groups in total. The van der Waals surface area contributed by atoms with Gasteiger partial charge in [-0.15, -0.1) is 0 Å². The molecule has 4 heteroatoms. The molecule has 19 heavy (non-hydrogen) atoms. The van der Waals surface area contributed by atoms with Crippen molar-refractivity contribution in [3.63, 3.8) is 0 Å². The van der Waals surface area contributed by atoms with Crippen LogP contribution in [0, 0.1) is 0 Å². The number of β-amino-alcohol motifs (C(OH)–C–C–N with tert-alkyl or cyclic N) is 1. The molecule has 0 aliphatic carbocycles. The highest BCUT2D eigenvalue weighted by Crippen LogP contribution is 2.25. The van der Waals surface area contributed by atoms with Gasteiger partial charge in [-0.3, -0.25) is 4.79 Å². The van der Waals surface area contributed by atoms with Crippen LogP contribution in [0.5, 0.6) is 0 Å². The number of amides is 1. The van der Waals surface area contributed by atoms with Crippen LogP contribution in [0.15, 0.2) is 28.7 Å². The third kappa shape index (κ3) is 3.80. The van der Waals surface area contributed by atoms with E-state index in [1.165, 1.54) is 5.56 Å². The van der Waals surface area contributed by atoms with Crippen LogP contribution < -0.4 is 0 Å². The van der Waals surface area contributed by atoms with E-state index in [9.17, 15) is 9.90 Å². The van der Waals surface area contributed by atoms with E-state index in [1.54, 1.807) is 11.8 Å². The average molecular weight is 326 g/mol. The van der Waals surface area contributed by atoms with Crippen LogP contribution in [0.1, 0.15) is 38.2 Å². The van der Waals surface area contributed by atoms with Crippen molar-refractivity contribution in [1.82, 2.24) is 4.90 Å². The maximum atomic E-state index is 12.2. The van der Waals surface area contributed by atoms with Crippen molar-refractivity contribution in [2.24, 2.45) is 0 Å². The zero-order chi connectivity index (χ0) is 14.0. The molecule has 1 aliphatic rings. The summed E-state index contributed by atoms with van der Waals surface area (Å²) < 4.78 is 1.05. The van der Waals surface area contributed by atoms with Crippen LogP contribution in [0.3, 0.4) is 0 Å². The Morgan fingerprint density at radius 3 is 2.63 bits per heavy atom. The number of aliphatic hydroxyl groups is 1. The molecule has 0 spiro atoms. The Morgan fingerprint density at radius 2 is 2.11 bits per heavy atom. The quantitative estimate of drug-likeness (QED) is 0.928. The number of hydrogen-bond acceptors (Lipinski definition) is 2. The molecule has 1 fully saturated rings. The first kappa shape index (κ1) is 14.5. The van der Waals surface area contributed by atoms with Crippen LogP contribution >= 0.6 is 15.9 Å². The van der Waals surface area contributed by atoms with Crippen molar-refractivity contribution in [3.05, 3.63) is 34.3 Å². The van der Waals surface area contributed by atoms with E-state index < -0.39 is 5.60 Å². The molecule has 3 nitrogen and oxygen atoms in total. The Labute approximate surface area is 122 Å². The number of halogens is 1. The predicted molar refractivity (Wildman–Crippen MR) is 79.0 cm³/mol. The number of carbonyl (C=O) groups excluding carboxylic acids is 1. The Balaban J connectivity index is 1.94. The summed E-state index contributed by atoms with van der Waals surface area (Å²) in [5.74, 6) is 0.333. The van der Waals surface area contributed by atoms with Crippen molar-refractivity contribution < 1.29 is 9.90 Å². The maximum absolute atomic E-state index is 12.2. The largest absolute Gasteiger partial charge is 0.388 e. The second kappa shape index (κ2) is 5.63. The van der Waals surface area contributed by atoms with E-state index >= 15 is 0 Å². The van der Waals surface area contributed by atoms with Gasteiger partial charge in [0.15, 0.2) is 0 Å². The van der Waals surface area contributed by atoms with Crippen molar-refractivity contribution in [2.75, 3.05) is 13.1 Å². The van der Waals surface area contributed by atoms with E-state index in [4.69, 9.17) is 0 Å². The lowest BCUT2D eigenvalue weighted by Crippen LogP contribution is -2.34. The third-order valence-corrected chi connectivity index (χ3v) is 4.25.